The fraction of sp³-hybridized carbons (Fsp3) is 1.00. The standard InChI is InChI=1S/C10H22N2/c1-3-12-9-4-6-10(2,8-11)7-5-9/h9,12H,3-8,11H2,1-2H3. The lowest BCUT2D eigenvalue weighted by Crippen LogP contribution is -2.39. The van der Waals surface area contributed by atoms with Gasteiger partial charge < -0.3 is 11.1 Å². The Morgan fingerprint density at radius 3 is 2.42 bits per heavy atom. The van der Waals surface area contributed by atoms with E-state index in [2.05, 4.69) is 19.2 Å². The van der Waals surface area contributed by atoms with Gasteiger partial charge in [0.1, 0.15) is 0 Å². The zero-order valence-electron chi connectivity index (χ0n) is 8.40. The van der Waals surface area contributed by atoms with Crippen molar-refractivity contribution in [2.45, 2.75) is 45.6 Å². The van der Waals surface area contributed by atoms with E-state index in [1.165, 1.54) is 25.7 Å². The van der Waals surface area contributed by atoms with Gasteiger partial charge in [0, 0.05) is 6.04 Å². The average molecular weight is 170 g/mol. The lowest BCUT2D eigenvalue weighted by molar-refractivity contribution is 0.194. The van der Waals surface area contributed by atoms with E-state index in [0.29, 0.717) is 5.41 Å². The highest BCUT2D eigenvalue weighted by Gasteiger charge is 2.28. The van der Waals surface area contributed by atoms with Crippen LogP contribution < -0.4 is 11.1 Å². The first kappa shape index (κ1) is 10.0. The minimum absolute atomic E-state index is 0.436. The van der Waals surface area contributed by atoms with Gasteiger partial charge in [-0.3, -0.25) is 0 Å². The summed E-state index contributed by atoms with van der Waals surface area (Å²) >= 11 is 0. The maximum atomic E-state index is 5.74. The van der Waals surface area contributed by atoms with E-state index in [4.69, 9.17) is 5.73 Å². The molecule has 0 aliphatic heterocycles. The third-order valence-corrected chi connectivity index (χ3v) is 3.18. The van der Waals surface area contributed by atoms with Gasteiger partial charge >= 0.3 is 0 Å². The second kappa shape index (κ2) is 4.24. The van der Waals surface area contributed by atoms with E-state index in [1.54, 1.807) is 0 Å². The van der Waals surface area contributed by atoms with Crippen LogP contribution in [0.25, 0.3) is 0 Å². The van der Waals surface area contributed by atoms with E-state index in [0.717, 1.165) is 19.1 Å². The SMILES string of the molecule is CCNC1CCC(C)(CN)CC1. The number of nitrogens with one attached hydrogen (secondary N) is 1. The third-order valence-electron chi connectivity index (χ3n) is 3.18. The third kappa shape index (κ3) is 2.46. The van der Waals surface area contributed by atoms with Gasteiger partial charge in [-0.25, -0.2) is 0 Å². The zero-order chi connectivity index (χ0) is 9.03. The molecule has 2 nitrogen and oxygen atoms in total. The van der Waals surface area contributed by atoms with Gasteiger partial charge in [-0.15, -0.1) is 0 Å². The average Bonchev–Trinajstić information content (AvgIpc) is 2.10. The van der Waals surface area contributed by atoms with Crippen LogP contribution >= 0.6 is 0 Å². The molecule has 2 heteroatoms. The molecule has 0 spiro atoms. The van der Waals surface area contributed by atoms with Crippen LogP contribution in [0, 0.1) is 5.41 Å². The number of hydrogen-bond acceptors (Lipinski definition) is 2. The van der Waals surface area contributed by atoms with E-state index < -0.39 is 0 Å². The fourth-order valence-corrected chi connectivity index (χ4v) is 2.01. The van der Waals surface area contributed by atoms with Gasteiger partial charge in [-0.1, -0.05) is 13.8 Å². The van der Waals surface area contributed by atoms with E-state index >= 15 is 0 Å². The van der Waals surface area contributed by atoms with Crippen molar-refractivity contribution in [1.29, 1.82) is 0 Å². The minimum atomic E-state index is 0.436. The molecule has 0 unspecified atom stereocenters. The summed E-state index contributed by atoms with van der Waals surface area (Å²) in [5.74, 6) is 0. The first-order valence-electron chi connectivity index (χ1n) is 5.13. The van der Waals surface area contributed by atoms with Crippen molar-refractivity contribution < 1.29 is 0 Å². The smallest absolute Gasteiger partial charge is 0.00673 e. The van der Waals surface area contributed by atoms with Crippen molar-refractivity contribution in [1.82, 2.24) is 5.32 Å². The zero-order valence-corrected chi connectivity index (χ0v) is 8.40. The van der Waals surface area contributed by atoms with Crippen molar-refractivity contribution >= 4 is 0 Å². The fourth-order valence-electron chi connectivity index (χ4n) is 2.01. The largest absolute Gasteiger partial charge is 0.330 e. The molecule has 0 bridgehead atoms. The maximum Gasteiger partial charge on any atom is 0.00673 e. The summed E-state index contributed by atoms with van der Waals surface area (Å²) in [5, 5.41) is 3.51. The Kier molecular flexibility index (Phi) is 3.53. The van der Waals surface area contributed by atoms with Crippen molar-refractivity contribution in [3.05, 3.63) is 0 Å². The Morgan fingerprint density at radius 2 is 2.00 bits per heavy atom. The van der Waals surface area contributed by atoms with Gasteiger partial charge in [0.2, 0.25) is 0 Å². The molecular weight excluding hydrogens is 148 g/mol. The second-order valence-corrected chi connectivity index (χ2v) is 4.35. The quantitative estimate of drug-likeness (QED) is 0.673. The van der Waals surface area contributed by atoms with Crippen LogP contribution in [0.2, 0.25) is 0 Å². The van der Waals surface area contributed by atoms with E-state index in [9.17, 15) is 0 Å². The predicted molar refractivity (Wildman–Crippen MR) is 53.1 cm³/mol. The summed E-state index contributed by atoms with van der Waals surface area (Å²) in [7, 11) is 0. The molecule has 0 atom stereocenters. The number of rotatable bonds is 3. The van der Waals surface area contributed by atoms with Crippen LogP contribution in [0.1, 0.15) is 39.5 Å². The Labute approximate surface area is 75.9 Å². The highest BCUT2D eigenvalue weighted by Crippen LogP contribution is 2.34. The molecule has 1 fully saturated rings. The van der Waals surface area contributed by atoms with Crippen molar-refractivity contribution in [2.24, 2.45) is 11.1 Å². The Bertz CT molecular complexity index is 126. The predicted octanol–water partition coefficient (Wildman–Crippen LogP) is 1.50. The van der Waals surface area contributed by atoms with Gasteiger partial charge in [-0.2, -0.15) is 0 Å². The molecule has 0 aromatic carbocycles. The van der Waals surface area contributed by atoms with Crippen LogP contribution in [0.15, 0.2) is 0 Å². The summed E-state index contributed by atoms with van der Waals surface area (Å²) in [6, 6.07) is 0.759. The molecule has 1 saturated carbocycles. The molecule has 72 valence electrons. The van der Waals surface area contributed by atoms with Gasteiger partial charge in [0.15, 0.2) is 0 Å². The number of hydrogen-bond donors (Lipinski definition) is 2. The van der Waals surface area contributed by atoms with Gasteiger partial charge in [0.25, 0.3) is 0 Å². The first-order valence-corrected chi connectivity index (χ1v) is 5.13. The lowest BCUT2D eigenvalue weighted by atomic mass is 9.74. The summed E-state index contributed by atoms with van der Waals surface area (Å²) in [4.78, 5) is 0. The molecule has 12 heavy (non-hydrogen) atoms. The number of nitrogens with two attached hydrogens (primary N) is 1. The Morgan fingerprint density at radius 1 is 1.42 bits per heavy atom. The summed E-state index contributed by atoms with van der Waals surface area (Å²) in [6.45, 7) is 6.45. The summed E-state index contributed by atoms with van der Waals surface area (Å²) in [5.41, 5.74) is 6.17. The molecule has 0 radical (unpaired) electrons. The normalized spacial score (nSPS) is 36.8. The molecule has 0 aromatic rings. The molecule has 1 rings (SSSR count). The van der Waals surface area contributed by atoms with Crippen LogP contribution in [0.5, 0.6) is 0 Å². The van der Waals surface area contributed by atoms with E-state index in [-0.39, 0.29) is 0 Å². The maximum absolute atomic E-state index is 5.74. The molecule has 0 heterocycles. The second-order valence-electron chi connectivity index (χ2n) is 4.35. The Balaban J connectivity index is 2.29. The highest BCUT2D eigenvalue weighted by molar-refractivity contribution is 4.85. The molecule has 3 N–H and O–H groups in total. The summed E-state index contributed by atoms with van der Waals surface area (Å²) < 4.78 is 0. The van der Waals surface area contributed by atoms with Crippen LogP contribution in [0.4, 0.5) is 0 Å². The monoisotopic (exact) mass is 170 g/mol. The molecule has 0 amide bonds. The molecule has 1 aliphatic carbocycles. The molecule has 0 saturated heterocycles. The molecule has 1 aliphatic rings. The van der Waals surface area contributed by atoms with Crippen molar-refractivity contribution in [2.75, 3.05) is 13.1 Å². The van der Waals surface area contributed by atoms with Gasteiger partial charge in [0.05, 0.1) is 0 Å². The van der Waals surface area contributed by atoms with Crippen molar-refractivity contribution in [3.8, 4) is 0 Å². The topological polar surface area (TPSA) is 38.0 Å². The van der Waals surface area contributed by atoms with Crippen LogP contribution in [0.3, 0.4) is 0 Å². The first-order chi connectivity index (χ1) is 5.70. The molecular formula is C10H22N2. The van der Waals surface area contributed by atoms with Crippen LogP contribution in [-0.2, 0) is 0 Å². The van der Waals surface area contributed by atoms with E-state index in [1.807, 2.05) is 0 Å². The summed E-state index contributed by atoms with van der Waals surface area (Å²) in [6.07, 6.45) is 5.20. The van der Waals surface area contributed by atoms with Crippen molar-refractivity contribution in [3.63, 3.8) is 0 Å². The van der Waals surface area contributed by atoms with Crippen LogP contribution in [-0.4, -0.2) is 19.1 Å². The minimum Gasteiger partial charge on any atom is -0.330 e. The Hall–Kier alpha value is -0.0800. The lowest BCUT2D eigenvalue weighted by Gasteiger charge is -2.36. The molecule has 0 aromatic heterocycles. The highest BCUT2D eigenvalue weighted by atomic mass is 14.9. The van der Waals surface area contributed by atoms with Gasteiger partial charge in [-0.05, 0) is 44.2 Å².